The van der Waals surface area contributed by atoms with Gasteiger partial charge in [0.2, 0.25) is 0 Å². The summed E-state index contributed by atoms with van der Waals surface area (Å²) in [5, 5.41) is 9.86. The van der Waals surface area contributed by atoms with Gasteiger partial charge in [-0.05, 0) is 85.4 Å². The van der Waals surface area contributed by atoms with Crippen molar-refractivity contribution in [3.05, 3.63) is 91.9 Å². The molecule has 1 atom stereocenters. The van der Waals surface area contributed by atoms with Gasteiger partial charge in [0.05, 0.1) is 25.8 Å². The normalized spacial score (nSPS) is 19.4. The Bertz CT molecular complexity index is 1880. The molecule has 6 rings (SSSR count). The van der Waals surface area contributed by atoms with Gasteiger partial charge in [-0.15, -0.1) is 0 Å². The number of carbonyl (C=O) groups excluding carboxylic acids is 1. The highest BCUT2D eigenvalue weighted by molar-refractivity contribution is 5.97. The third kappa shape index (κ3) is 6.84. The molecule has 0 N–H and O–H groups in total. The van der Waals surface area contributed by atoms with E-state index in [1.165, 1.54) is 16.7 Å². The van der Waals surface area contributed by atoms with Gasteiger partial charge in [-0.25, -0.2) is 0 Å². The fraction of sp³-hybridized carbons (Fsp3) is 0.488. The Hall–Kier alpha value is -4.39. The standard InChI is InChI=1S/C41H51N5O4/c1-27-28(2)39(47)43(5)25-35(27)31-20-37(49-6)36(38(21-31)50-7)26-45-18-16-44(17-19-45)24-30-10-8-11-33-29(3)46(15-12-34(30)33)40(48)32(23-42)22-41(4)13-9-14-41/h8,10-11,20-22,25,29H,9,12-19,24,26H2,1-7H3/b32-22+. The van der Waals surface area contributed by atoms with Crippen molar-refractivity contribution in [3.63, 3.8) is 0 Å². The fourth-order valence-electron chi connectivity index (χ4n) is 8.03. The number of rotatable bonds is 9. The van der Waals surface area contributed by atoms with Crippen LogP contribution in [0.4, 0.5) is 0 Å². The highest BCUT2D eigenvalue weighted by atomic mass is 16.5. The molecule has 1 aromatic heterocycles. The van der Waals surface area contributed by atoms with Crippen LogP contribution in [0.15, 0.2) is 53.0 Å². The summed E-state index contributed by atoms with van der Waals surface area (Å²) in [5.74, 6) is 1.42. The summed E-state index contributed by atoms with van der Waals surface area (Å²) in [6, 6.07) is 12.8. The van der Waals surface area contributed by atoms with Gasteiger partial charge in [0, 0.05) is 70.2 Å². The number of methoxy groups -OCH3 is 2. The number of hydrogen-bond acceptors (Lipinski definition) is 7. The SMILES string of the molecule is COc1cc(-c2cn(C)c(=O)c(C)c2C)cc(OC)c1CN1CCN(Cc2cccc3c2CCN(C(=O)/C(C#N)=C/C2(C)CCC2)C3C)CC1. The number of benzene rings is 2. The highest BCUT2D eigenvalue weighted by Crippen LogP contribution is 2.43. The minimum absolute atomic E-state index is 0.0118. The predicted octanol–water partition coefficient (Wildman–Crippen LogP) is 6.09. The third-order valence-corrected chi connectivity index (χ3v) is 11.5. The molecule has 0 radical (unpaired) electrons. The smallest absolute Gasteiger partial charge is 0.264 e. The fourth-order valence-corrected chi connectivity index (χ4v) is 8.03. The second-order valence-corrected chi connectivity index (χ2v) is 14.7. The van der Waals surface area contributed by atoms with Gasteiger partial charge >= 0.3 is 0 Å². The summed E-state index contributed by atoms with van der Waals surface area (Å²) in [6.07, 6.45) is 7.84. The van der Waals surface area contributed by atoms with E-state index in [0.29, 0.717) is 13.1 Å². The molecule has 3 aromatic rings. The minimum Gasteiger partial charge on any atom is -0.496 e. The number of fused-ring (bicyclic) bond motifs is 1. The van der Waals surface area contributed by atoms with Crippen LogP contribution in [-0.2, 0) is 31.4 Å². The lowest BCUT2D eigenvalue weighted by atomic mass is 9.69. The molecule has 0 bridgehead atoms. The van der Waals surface area contributed by atoms with Gasteiger partial charge in [-0.1, -0.05) is 37.6 Å². The van der Waals surface area contributed by atoms with Gasteiger partial charge in [0.15, 0.2) is 0 Å². The van der Waals surface area contributed by atoms with Crippen molar-refractivity contribution in [1.29, 1.82) is 5.26 Å². The first kappa shape index (κ1) is 35.4. The minimum atomic E-state index is -0.139. The van der Waals surface area contributed by atoms with Crippen LogP contribution in [0.1, 0.15) is 72.5 Å². The van der Waals surface area contributed by atoms with E-state index in [2.05, 4.69) is 60.0 Å². The summed E-state index contributed by atoms with van der Waals surface area (Å²) in [5.41, 5.74) is 8.81. The van der Waals surface area contributed by atoms with E-state index in [0.717, 1.165) is 97.7 Å². The molecule has 1 saturated carbocycles. The number of nitrogens with zero attached hydrogens (tertiary/aromatic N) is 5. The molecule has 9 heteroatoms. The first-order chi connectivity index (χ1) is 24.0. The van der Waals surface area contributed by atoms with Crippen molar-refractivity contribution < 1.29 is 14.3 Å². The Morgan fingerprint density at radius 3 is 2.22 bits per heavy atom. The van der Waals surface area contributed by atoms with Crippen LogP contribution in [0.5, 0.6) is 11.5 Å². The lowest BCUT2D eigenvalue weighted by Crippen LogP contribution is -2.45. The number of pyridine rings is 1. The van der Waals surface area contributed by atoms with E-state index in [4.69, 9.17) is 9.47 Å². The Morgan fingerprint density at radius 2 is 1.64 bits per heavy atom. The maximum absolute atomic E-state index is 13.5. The van der Waals surface area contributed by atoms with Gasteiger partial charge in [-0.2, -0.15) is 5.26 Å². The average Bonchev–Trinajstić information content (AvgIpc) is 3.11. The first-order valence-corrected chi connectivity index (χ1v) is 17.9. The largest absolute Gasteiger partial charge is 0.496 e. The number of piperazine rings is 1. The molecule has 1 saturated heterocycles. The van der Waals surface area contributed by atoms with Crippen LogP contribution in [0, 0.1) is 30.6 Å². The number of hydrogen-bond donors (Lipinski definition) is 0. The maximum Gasteiger partial charge on any atom is 0.264 e. The zero-order valence-electron chi connectivity index (χ0n) is 30.8. The summed E-state index contributed by atoms with van der Waals surface area (Å²) in [7, 11) is 5.18. The zero-order chi connectivity index (χ0) is 35.7. The Labute approximate surface area is 296 Å². The van der Waals surface area contributed by atoms with Gasteiger partial charge in [0.25, 0.3) is 11.5 Å². The van der Waals surface area contributed by atoms with Crippen LogP contribution in [-0.4, -0.2) is 72.1 Å². The predicted molar refractivity (Wildman–Crippen MR) is 196 cm³/mol. The molecule has 0 spiro atoms. The molecular formula is C41H51N5O4. The summed E-state index contributed by atoms with van der Waals surface area (Å²) in [4.78, 5) is 32.9. The maximum atomic E-state index is 13.5. The number of carbonyl (C=O) groups is 1. The molecule has 1 amide bonds. The molecular weight excluding hydrogens is 626 g/mol. The number of allylic oxidation sites excluding steroid dienone is 1. The third-order valence-electron chi connectivity index (χ3n) is 11.5. The molecule has 3 aliphatic rings. The van der Waals surface area contributed by atoms with E-state index in [-0.39, 0.29) is 28.5 Å². The number of aromatic nitrogens is 1. The van der Waals surface area contributed by atoms with E-state index in [1.807, 2.05) is 31.0 Å². The monoisotopic (exact) mass is 677 g/mol. The van der Waals surface area contributed by atoms with Crippen LogP contribution < -0.4 is 15.0 Å². The van der Waals surface area contributed by atoms with E-state index >= 15 is 0 Å². The van der Waals surface area contributed by atoms with E-state index < -0.39 is 0 Å². The van der Waals surface area contributed by atoms with Gasteiger partial charge < -0.3 is 18.9 Å². The number of ether oxygens (including phenoxy) is 2. The van der Waals surface area contributed by atoms with E-state index in [1.54, 1.807) is 25.8 Å². The topological polar surface area (TPSA) is 91.0 Å². The summed E-state index contributed by atoms with van der Waals surface area (Å²) in [6.45, 7) is 14.0. The lowest BCUT2D eigenvalue weighted by Gasteiger charge is -2.39. The molecule has 50 heavy (non-hydrogen) atoms. The number of amides is 1. The van der Waals surface area contributed by atoms with Crippen LogP contribution >= 0.6 is 0 Å². The summed E-state index contributed by atoms with van der Waals surface area (Å²) < 4.78 is 13.5. The molecule has 1 aliphatic carbocycles. The quantitative estimate of drug-likeness (QED) is 0.200. The lowest BCUT2D eigenvalue weighted by molar-refractivity contribution is -0.129. The molecule has 3 heterocycles. The second kappa shape index (κ2) is 14.5. The van der Waals surface area contributed by atoms with Crippen LogP contribution in [0.2, 0.25) is 0 Å². The molecule has 2 aliphatic heterocycles. The Kier molecular flexibility index (Phi) is 10.2. The Morgan fingerprint density at radius 1 is 1.00 bits per heavy atom. The molecule has 264 valence electrons. The van der Waals surface area contributed by atoms with Crippen molar-refractivity contribution >= 4 is 5.91 Å². The second-order valence-electron chi connectivity index (χ2n) is 14.7. The number of aryl methyl sites for hydroxylation is 1. The highest BCUT2D eigenvalue weighted by Gasteiger charge is 2.35. The molecule has 2 aromatic carbocycles. The average molecular weight is 678 g/mol. The summed E-state index contributed by atoms with van der Waals surface area (Å²) >= 11 is 0. The number of nitriles is 1. The van der Waals surface area contributed by atoms with Crippen molar-refractivity contribution in [1.82, 2.24) is 19.3 Å². The van der Waals surface area contributed by atoms with Crippen molar-refractivity contribution in [2.75, 3.05) is 46.9 Å². The molecule has 2 fully saturated rings. The van der Waals surface area contributed by atoms with E-state index in [9.17, 15) is 14.9 Å². The van der Waals surface area contributed by atoms with Crippen molar-refractivity contribution in [2.45, 2.75) is 72.5 Å². The van der Waals surface area contributed by atoms with Crippen LogP contribution in [0.3, 0.4) is 0 Å². The van der Waals surface area contributed by atoms with Gasteiger partial charge in [0.1, 0.15) is 23.1 Å². The Balaban J connectivity index is 1.12. The zero-order valence-corrected chi connectivity index (χ0v) is 30.8. The van der Waals surface area contributed by atoms with Crippen molar-refractivity contribution in [3.8, 4) is 28.7 Å². The van der Waals surface area contributed by atoms with Crippen molar-refractivity contribution in [2.24, 2.45) is 12.5 Å². The molecule has 1 unspecified atom stereocenters. The first-order valence-electron chi connectivity index (χ1n) is 17.9. The van der Waals surface area contributed by atoms with Gasteiger partial charge in [-0.3, -0.25) is 19.4 Å². The molecule has 9 nitrogen and oxygen atoms in total. The van der Waals surface area contributed by atoms with Crippen LogP contribution in [0.25, 0.3) is 11.1 Å².